The number of hydrogen-bond acceptors (Lipinski definition) is 0. The maximum Gasteiger partial charge on any atom is 0.107 e. The lowest BCUT2D eigenvalue weighted by molar-refractivity contribution is 0.114. The van der Waals surface area contributed by atoms with E-state index in [9.17, 15) is 4.39 Å². The van der Waals surface area contributed by atoms with Crippen LogP contribution in [0.3, 0.4) is 0 Å². The lowest BCUT2D eigenvalue weighted by atomic mass is 9.84. The highest BCUT2D eigenvalue weighted by atomic mass is 19.1. The average Bonchev–Trinajstić information content (AvgIpc) is 1.62. The zero-order valence-corrected chi connectivity index (χ0v) is 7.03. The Labute approximate surface area is 57.5 Å². The zero-order chi connectivity index (χ0) is 7.65. The monoisotopic (exact) mass is 132 g/mol. The molecule has 0 saturated heterocycles. The molecule has 0 heterocycles. The third kappa shape index (κ3) is 2.83. The van der Waals surface area contributed by atoms with Gasteiger partial charge >= 0.3 is 0 Å². The Morgan fingerprint density at radius 1 is 1.11 bits per heavy atom. The Balaban J connectivity index is 3.88. The van der Waals surface area contributed by atoms with Crippen molar-refractivity contribution in [3.8, 4) is 0 Å². The van der Waals surface area contributed by atoms with E-state index in [1.807, 2.05) is 34.6 Å². The molecule has 0 nitrogen and oxygen atoms in total. The average molecular weight is 132 g/mol. The quantitative estimate of drug-likeness (QED) is 0.514. The van der Waals surface area contributed by atoms with E-state index in [1.54, 1.807) is 0 Å². The lowest BCUT2D eigenvalue weighted by Gasteiger charge is -2.26. The molecule has 0 aromatic rings. The molecule has 0 aliphatic carbocycles. The zero-order valence-electron chi connectivity index (χ0n) is 7.03. The molecule has 1 atom stereocenters. The van der Waals surface area contributed by atoms with Crippen molar-refractivity contribution >= 4 is 0 Å². The van der Waals surface area contributed by atoms with E-state index in [-0.39, 0.29) is 11.3 Å². The summed E-state index contributed by atoms with van der Waals surface area (Å²) in [6, 6.07) is 0. The van der Waals surface area contributed by atoms with Crippen molar-refractivity contribution in [2.75, 3.05) is 0 Å². The highest BCUT2D eigenvalue weighted by molar-refractivity contribution is 4.75. The van der Waals surface area contributed by atoms with Crippen LogP contribution in [-0.4, -0.2) is 6.17 Å². The van der Waals surface area contributed by atoms with Gasteiger partial charge in [0.2, 0.25) is 0 Å². The molecule has 0 aromatic heterocycles. The van der Waals surface area contributed by atoms with Crippen molar-refractivity contribution in [2.45, 2.75) is 40.8 Å². The first kappa shape index (κ1) is 8.93. The molecule has 56 valence electrons. The normalized spacial score (nSPS) is 16.3. The molecule has 0 aliphatic rings. The highest BCUT2D eigenvalue weighted by Crippen LogP contribution is 2.27. The fourth-order valence-electron chi connectivity index (χ4n) is 1.00. The van der Waals surface area contributed by atoms with Crippen LogP contribution in [0.2, 0.25) is 0 Å². The third-order valence-corrected chi connectivity index (χ3v) is 1.41. The highest BCUT2D eigenvalue weighted by Gasteiger charge is 2.26. The third-order valence-electron chi connectivity index (χ3n) is 1.41. The van der Waals surface area contributed by atoms with Gasteiger partial charge in [0.05, 0.1) is 0 Å². The molecule has 0 aromatic carbocycles. The summed E-state index contributed by atoms with van der Waals surface area (Å²) in [5, 5.41) is 0. The fraction of sp³-hybridized carbons (Fsp3) is 1.00. The SMILES string of the molecule is CC(C)[C@@H](F)C(C)(C)C. The summed E-state index contributed by atoms with van der Waals surface area (Å²) in [7, 11) is 0. The summed E-state index contributed by atoms with van der Waals surface area (Å²) < 4.78 is 13.0. The Morgan fingerprint density at radius 2 is 1.44 bits per heavy atom. The standard InChI is InChI=1S/C8H17F/c1-6(2)7(9)8(3,4)5/h6-7H,1-5H3/t7-/m1/s1. The van der Waals surface area contributed by atoms with Gasteiger partial charge in [0.1, 0.15) is 6.17 Å². The van der Waals surface area contributed by atoms with Crippen LogP contribution in [0.5, 0.6) is 0 Å². The molecule has 0 bridgehead atoms. The second-order valence-electron chi connectivity index (χ2n) is 4.01. The maximum atomic E-state index is 13.0. The number of alkyl halides is 1. The van der Waals surface area contributed by atoms with Crippen LogP contribution in [0.1, 0.15) is 34.6 Å². The molecule has 0 saturated carbocycles. The van der Waals surface area contributed by atoms with Crippen molar-refractivity contribution in [1.29, 1.82) is 0 Å². The predicted molar refractivity (Wildman–Crippen MR) is 39.2 cm³/mol. The van der Waals surface area contributed by atoms with E-state index in [0.29, 0.717) is 0 Å². The van der Waals surface area contributed by atoms with Crippen LogP contribution in [0.25, 0.3) is 0 Å². The summed E-state index contributed by atoms with van der Waals surface area (Å²) in [4.78, 5) is 0. The summed E-state index contributed by atoms with van der Waals surface area (Å²) in [6.45, 7) is 9.61. The molecular formula is C8H17F. The Bertz CT molecular complexity index is 79.1. The molecule has 0 fully saturated rings. The number of halogens is 1. The van der Waals surface area contributed by atoms with Crippen molar-refractivity contribution < 1.29 is 4.39 Å². The Hall–Kier alpha value is -0.0700. The summed E-state index contributed by atoms with van der Waals surface area (Å²) in [5.74, 6) is 0.144. The fourth-order valence-corrected chi connectivity index (χ4v) is 1.00. The topological polar surface area (TPSA) is 0 Å². The van der Waals surface area contributed by atoms with Gasteiger partial charge in [0, 0.05) is 0 Å². The van der Waals surface area contributed by atoms with Gasteiger partial charge in [0.25, 0.3) is 0 Å². The Morgan fingerprint density at radius 3 is 1.44 bits per heavy atom. The lowest BCUT2D eigenvalue weighted by Crippen LogP contribution is -2.26. The van der Waals surface area contributed by atoms with Gasteiger partial charge in [-0.15, -0.1) is 0 Å². The number of hydrogen-bond donors (Lipinski definition) is 0. The van der Waals surface area contributed by atoms with E-state index >= 15 is 0 Å². The maximum absolute atomic E-state index is 13.0. The molecular weight excluding hydrogens is 115 g/mol. The minimum Gasteiger partial charge on any atom is -0.247 e. The predicted octanol–water partition coefficient (Wildman–Crippen LogP) is 3.03. The first-order chi connectivity index (χ1) is 3.85. The first-order valence-electron chi connectivity index (χ1n) is 3.49. The first-order valence-corrected chi connectivity index (χ1v) is 3.49. The van der Waals surface area contributed by atoms with Gasteiger partial charge in [-0.3, -0.25) is 0 Å². The van der Waals surface area contributed by atoms with Crippen LogP contribution >= 0.6 is 0 Å². The van der Waals surface area contributed by atoms with Gasteiger partial charge in [-0.1, -0.05) is 34.6 Å². The molecule has 1 heteroatoms. The van der Waals surface area contributed by atoms with E-state index in [0.717, 1.165) is 0 Å². The minimum absolute atomic E-state index is 0.144. The summed E-state index contributed by atoms with van der Waals surface area (Å²) >= 11 is 0. The van der Waals surface area contributed by atoms with Crippen LogP contribution in [0, 0.1) is 11.3 Å². The largest absolute Gasteiger partial charge is 0.247 e. The van der Waals surface area contributed by atoms with Crippen LogP contribution < -0.4 is 0 Å². The molecule has 0 N–H and O–H groups in total. The van der Waals surface area contributed by atoms with Crippen LogP contribution in [-0.2, 0) is 0 Å². The van der Waals surface area contributed by atoms with Crippen LogP contribution in [0.4, 0.5) is 4.39 Å². The van der Waals surface area contributed by atoms with Crippen molar-refractivity contribution in [3.05, 3.63) is 0 Å². The second-order valence-corrected chi connectivity index (χ2v) is 4.01. The van der Waals surface area contributed by atoms with E-state index in [1.165, 1.54) is 0 Å². The van der Waals surface area contributed by atoms with E-state index < -0.39 is 6.17 Å². The van der Waals surface area contributed by atoms with Crippen molar-refractivity contribution in [3.63, 3.8) is 0 Å². The molecule has 0 spiro atoms. The molecule has 0 unspecified atom stereocenters. The van der Waals surface area contributed by atoms with E-state index in [4.69, 9.17) is 0 Å². The van der Waals surface area contributed by atoms with Gasteiger partial charge < -0.3 is 0 Å². The smallest absolute Gasteiger partial charge is 0.107 e. The van der Waals surface area contributed by atoms with Gasteiger partial charge in [-0.05, 0) is 11.3 Å². The second kappa shape index (κ2) is 2.68. The van der Waals surface area contributed by atoms with Crippen molar-refractivity contribution in [1.82, 2.24) is 0 Å². The minimum atomic E-state index is -0.683. The van der Waals surface area contributed by atoms with Gasteiger partial charge in [0.15, 0.2) is 0 Å². The van der Waals surface area contributed by atoms with Gasteiger partial charge in [-0.2, -0.15) is 0 Å². The van der Waals surface area contributed by atoms with E-state index in [2.05, 4.69) is 0 Å². The summed E-state index contributed by atoms with van der Waals surface area (Å²) in [5.41, 5.74) is -0.186. The molecule has 0 aliphatic heterocycles. The Kier molecular flexibility index (Phi) is 2.66. The molecule has 0 rings (SSSR count). The molecule has 0 radical (unpaired) electrons. The summed E-state index contributed by atoms with van der Waals surface area (Å²) in [6.07, 6.45) is -0.683. The van der Waals surface area contributed by atoms with Crippen LogP contribution in [0.15, 0.2) is 0 Å². The molecule has 9 heavy (non-hydrogen) atoms. The van der Waals surface area contributed by atoms with Crippen molar-refractivity contribution in [2.24, 2.45) is 11.3 Å². The van der Waals surface area contributed by atoms with Gasteiger partial charge in [-0.25, -0.2) is 4.39 Å². The number of rotatable bonds is 1. The molecule has 0 amide bonds.